The summed E-state index contributed by atoms with van der Waals surface area (Å²) in [6.07, 6.45) is 0. The summed E-state index contributed by atoms with van der Waals surface area (Å²) < 4.78 is 18.6. The third-order valence-electron chi connectivity index (χ3n) is 4.07. The number of aryl methyl sites for hydroxylation is 2. The first-order valence-corrected chi connectivity index (χ1v) is 8.79. The number of benzene rings is 1. The molecular weight excluding hydrogens is 353 g/mol. The Bertz CT molecular complexity index is 1120. The van der Waals surface area contributed by atoms with Crippen LogP contribution >= 0.6 is 11.3 Å². The van der Waals surface area contributed by atoms with E-state index in [1.54, 1.807) is 26.0 Å². The first kappa shape index (κ1) is 16.4. The molecule has 26 heavy (non-hydrogen) atoms. The molecule has 0 unspecified atom stereocenters. The van der Waals surface area contributed by atoms with Crippen LogP contribution in [0.2, 0.25) is 0 Å². The molecule has 4 aromatic rings. The van der Waals surface area contributed by atoms with Gasteiger partial charge in [-0.15, -0.1) is 11.3 Å². The second-order valence-electron chi connectivity index (χ2n) is 5.89. The van der Waals surface area contributed by atoms with Crippen molar-refractivity contribution in [2.45, 2.75) is 13.8 Å². The zero-order valence-corrected chi connectivity index (χ0v) is 14.9. The highest BCUT2D eigenvalue weighted by molar-refractivity contribution is 7.13. The van der Waals surface area contributed by atoms with Gasteiger partial charge in [-0.1, -0.05) is 11.2 Å². The SMILES string of the molecule is Cc1cc(F)ccc1NC(=O)c1cc(-c2cccs2)nc2onc(C)c12. The van der Waals surface area contributed by atoms with E-state index in [-0.39, 0.29) is 11.7 Å². The van der Waals surface area contributed by atoms with Gasteiger partial charge >= 0.3 is 0 Å². The predicted octanol–water partition coefficient (Wildman–Crippen LogP) is 4.96. The molecular formula is C19H14FN3O2S. The van der Waals surface area contributed by atoms with Crippen LogP contribution in [0, 0.1) is 19.7 Å². The normalized spacial score (nSPS) is 11.0. The molecule has 0 saturated heterocycles. The zero-order chi connectivity index (χ0) is 18.3. The van der Waals surface area contributed by atoms with Gasteiger partial charge in [-0.05, 0) is 55.1 Å². The van der Waals surface area contributed by atoms with Crippen molar-refractivity contribution in [1.82, 2.24) is 10.1 Å². The van der Waals surface area contributed by atoms with Crippen LogP contribution in [0.25, 0.3) is 21.7 Å². The number of carbonyl (C=O) groups is 1. The summed E-state index contributed by atoms with van der Waals surface area (Å²) in [6.45, 7) is 3.50. The van der Waals surface area contributed by atoms with E-state index >= 15 is 0 Å². The summed E-state index contributed by atoms with van der Waals surface area (Å²) in [7, 11) is 0. The number of nitrogens with zero attached hydrogens (tertiary/aromatic N) is 2. The Labute approximate surface area is 152 Å². The third-order valence-corrected chi connectivity index (χ3v) is 4.96. The standard InChI is InChI=1S/C19H14FN3O2S/c1-10-8-12(20)5-6-14(10)21-18(24)13-9-15(16-4-3-7-26-16)22-19-17(13)11(2)23-25-19/h3-9H,1-2H3,(H,21,24). The Morgan fingerprint density at radius 2 is 2.08 bits per heavy atom. The van der Waals surface area contributed by atoms with E-state index < -0.39 is 0 Å². The third kappa shape index (κ3) is 2.86. The number of hydrogen-bond acceptors (Lipinski definition) is 5. The topological polar surface area (TPSA) is 68.0 Å². The van der Waals surface area contributed by atoms with Gasteiger partial charge in [0.25, 0.3) is 11.6 Å². The lowest BCUT2D eigenvalue weighted by molar-refractivity contribution is 0.102. The first-order chi connectivity index (χ1) is 12.5. The number of rotatable bonds is 3. The van der Waals surface area contributed by atoms with Crippen LogP contribution in [0.3, 0.4) is 0 Å². The summed E-state index contributed by atoms with van der Waals surface area (Å²) in [5, 5.41) is 9.28. The molecule has 130 valence electrons. The fraction of sp³-hybridized carbons (Fsp3) is 0.105. The smallest absolute Gasteiger partial charge is 0.259 e. The second-order valence-corrected chi connectivity index (χ2v) is 6.84. The Morgan fingerprint density at radius 3 is 2.81 bits per heavy atom. The van der Waals surface area contributed by atoms with Crippen LogP contribution in [0.1, 0.15) is 21.6 Å². The van der Waals surface area contributed by atoms with Gasteiger partial charge in [0.15, 0.2) is 0 Å². The predicted molar refractivity (Wildman–Crippen MR) is 98.9 cm³/mol. The quantitative estimate of drug-likeness (QED) is 0.556. The van der Waals surface area contributed by atoms with Gasteiger partial charge in [-0.25, -0.2) is 9.37 Å². The zero-order valence-electron chi connectivity index (χ0n) is 14.0. The largest absolute Gasteiger partial charge is 0.335 e. The summed E-state index contributed by atoms with van der Waals surface area (Å²) in [6, 6.07) is 9.80. The second kappa shape index (κ2) is 6.34. The molecule has 5 nitrogen and oxygen atoms in total. The van der Waals surface area contributed by atoms with E-state index in [4.69, 9.17) is 4.52 Å². The molecule has 0 radical (unpaired) electrons. The van der Waals surface area contributed by atoms with E-state index in [2.05, 4.69) is 15.5 Å². The van der Waals surface area contributed by atoms with Gasteiger partial charge in [0.2, 0.25) is 0 Å². The molecule has 1 aromatic carbocycles. The number of halogens is 1. The number of fused-ring (bicyclic) bond motifs is 1. The Kier molecular flexibility index (Phi) is 4.00. The number of carbonyl (C=O) groups excluding carboxylic acids is 1. The van der Waals surface area contributed by atoms with Crippen LogP contribution in [-0.2, 0) is 0 Å². The molecule has 3 aromatic heterocycles. The molecule has 0 spiro atoms. The van der Waals surface area contributed by atoms with Crippen molar-refractivity contribution in [3.63, 3.8) is 0 Å². The number of thiophene rings is 1. The number of pyridine rings is 1. The van der Waals surface area contributed by atoms with Crippen molar-refractivity contribution in [3.8, 4) is 10.6 Å². The number of amides is 1. The summed E-state index contributed by atoms with van der Waals surface area (Å²) >= 11 is 1.52. The lowest BCUT2D eigenvalue weighted by Crippen LogP contribution is -2.14. The molecule has 4 rings (SSSR count). The summed E-state index contributed by atoms with van der Waals surface area (Å²) in [5.41, 5.74) is 3.16. The van der Waals surface area contributed by atoms with Gasteiger partial charge in [-0.2, -0.15) is 0 Å². The van der Waals surface area contributed by atoms with Crippen molar-refractivity contribution in [1.29, 1.82) is 0 Å². The van der Waals surface area contributed by atoms with Crippen LogP contribution in [0.15, 0.2) is 46.3 Å². The lowest BCUT2D eigenvalue weighted by Gasteiger charge is -2.10. The molecule has 1 amide bonds. The van der Waals surface area contributed by atoms with E-state index in [9.17, 15) is 9.18 Å². The average molecular weight is 367 g/mol. The minimum atomic E-state index is -0.346. The molecule has 1 N–H and O–H groups in total. The molecule has 0 fully saturated rings. The molecule has 0 aliphatic heterocycles. The number of hydrogen-bond donors (Lipinski definition) is 1. The fourth-order valence-electron chi connectivity index (χ4n) is 2.78. The molecule has 0 aliphatic rings. The number of nitrogens with one attached hydrogen (secondary N) is 1. The highest BCUT2D eigenvalue weighted by Crippen LogP contribution is 2.30. The van der Waals surface area contributed by atoms with Crippen molar-refractivity contribution in [2.75, 3.05) is 5.32 Å². The van der Waals surface area contributed by atoms with Crippen LogP contribution < -0.4 is 5.32 Å². The average Bonchev–Trinajstić information content (AvgIpc) is 3.27. The monoisotopic (exact) mass is 367 g/mol. The lowest BCUT2D eigenvalue weighted by atomic mass is 10.1. The fourth-order valence-corrected chi connectivity index (χ4v) is 3.47. The molecule has 0 aliphatic carbocycles. The number of anilines is 1. The maximum atomic E-state index is 13.3. The Morgan fingerprint density at radius 1 is 1.23 bits per heavy atom. The van der Waals surface area contributed by atoms with E-state index in [1.807, 2.05) is 17.5 Å². The van der Waals surface area contributed by atoms with Gasteiger partial charge < -0.3 is 9.84 Å². The maximum Gasteiger partial charge on any atom is 0.259 e. The minimum Gasteiger partial charge on any atom is -0.335 e. The van der Waals surface area contributed by atoms with Gasteiger partial charge in [-0.3, -0.25) is 4.79 Å². The van der Waals surface area contributed by atoms with Crippen LogP contribution in [0.4, 0.5) is 10.1 Å². The Balaban J connectivity index is 1.81. The van der Waals surface area contributed by atoms with E-state index in [0.29, 0.717) is 39.3 Å². The van der Waals surface area contributed by atoms with Crippen molar-refractivity contribution >= 4 is 34.0 Å². The summed E-state index contributed by atoms with van der Waals surface area (Å²) in [4.78, 5) is 18.3. The molecule has 3 heterocycles. The van der Waals surface area contributed by atoms with E-state index in [1.165, 1.54) is 23.5 Å². The van der Waals surface area contributed by atoms with E-state index in [0.717, 1.165) is 4.88 Å². The molecule has 7 heteroatoms. The van der Waals surface area contributed by atoms with Crippen molar-refractivity contribution in [3.05, 3.63) is 64.4 Å². The van der Waals surface area contributed by atoms with Crippen LogP contribution in [0.5, 0.6) is 0 Å². The minimum absolute atomic E-state index is 0.314. The molecule has 0 atom stereocenters. The molecule has 0 bridgehead atoms. The molecule has 0 saturated carbocycles. The Hall–Kier alpha value is -3.06. The number of aromatic nitrogens is 2. The van der Waals surface area contributed by atoms with Crippen molar-refractivity contribution in [2.24, 2.45) is 0 Å². The first-order valence-electron chi connectivity index (χ1n) is 7.91. The van der Waals surface area contributed by atoms with Gasteiger partial charge in [0, 0.05) is 5.69 Å². The highest BCUT2D eigenvalue weighted by atomic mass is 32.1. The van der Waals surface area contributed by atoms with Crippen molar-refractivity contribution < 1.29 is 13.7 Å². The van der Waals surface area contributed by atoms with Gasteiger partial charge in [0.1, 0.15) is 5.82 Å². The van der Waals surface area contributed by atoms with Gasteiger partial charge in [0.05, 0.1) is 27.2 Å². The van der Waals surface area contributed by atoms with Crippen LogP contribution in [-0.4, -0.2) is 16.0 Å². The summed E-state index contributed by atoms with van der Waals surface area (Å²) in [5.74, 6) is -0.669. The maximum absolute atomic E-state index is 13.3. The highest BCUT2D eigenvalue weighted by Gasteiger charge is 2.20.